The highest BCUT2D eigenvalue weighted by Gasteiger charge is 2.29. The summed E-state index contributed by atoms with van der Waals surface area (Å²) >= 11 is 0. The summed E-state index contributed by atoms with van der Waals surface area (Å²) < 4.78 is 0. The smallest absolute Gasteiger partial charge is 0.146 e. The summed E-state index contributed by atoms with van der Waals surface area (Å²) in [5.41, 5.74) is 6.84. The molecule has 0 radical (unpaired) electrons. The Labute approximate surface area is 226 Å². The lowest BCUT2D eigenvalue weighted by atomic mass is 9.75. The number of hydrogen-bond acceptors (Lipinski definition) is 3. The standard InChI is InChI=1S/C34H37N3O/c1-5-23(3)32(25-15-9-7-10-16-25)27-21-28(33(24(4)6-2)26-17-11-8-12-18-26)34(38)31(22-27)37-35-29-19-13-14-20-30(29)36-37/h7-24,32-33,38H,5-6H2,1-4H3. The normalized spacial score (nSPS) is 14.7. The van der Waals surface area contributed by atoms with Crippen LogP contribution in [0.4, 0.5) is 0 Å². The van der Waals surface area contributed by atoms with E-state index in [-0.39, 0.29) is 17.6 Å². The Bertz CT molecular complexity index is 1460. The zero-order valence-electron chi connectivity index (χ0n) is 22.8. The molecule has 1 aromatic heterocycles. The second-order valence-corrected chi connectivity index (χ2v) is 10.5. The molecule has 1 heterocycles. The van der Waals surface area contributed by atoms with Crippen LogP contribution >= 0.6 is 0 Å². The van der Waals surface area contributed by atoms with E-state index in [1.54, 1.807) is 4.80 Å². The molecule has 0 aliphatic carbocycles. The predicted octanol–water partition coefficient (Wildman–Crippen LogP) is 8.48. The Balaban J connectivity index is 1.79. The fourth-order valence-electron chi connectivity index (χ4n) is 5.66. The van der Waals surface area contributed by atoms with Crippen LogP contribution in [0.15, 0.2) is 97.1 Å². The first-order valence-corrected chi connectivity index (χ1v) is 13.8. The average Bonchev–Trinajstić information content (AvgIpc) is 3.39. The molecule has 1 N–H and O–H groups in total. The fraction of sp³-hybridized carbons (Fsp3) is 0.294. The number of hydrogen-bond donors (Lipinski definition) is 1. The molecule has 0 saturated carbocycles. The molecule has 0 amide bonds. The minimum atomic E-state index is 0.0400. The molecule has 194 valence electrons. The maximum Gasteiger partial charge on any atom is 0.146 e. The lowest BCUT2D eigenvalue weighted by Gasteiger charge is -2.29. The van der Waals surface area contributed by atoms with Crippen LogP contribution in [0.25, 0.3) is 16.7 Å². The van der Waals surface area contributed by atoms with Crippen LogP contribution in [0, 0.1) is 11.8 Å². The zero-order chi connectivity index (χ0) is 26.6. The number of aromatic nitrogens is 3. The molecule has 0 fully saturated rings. The molecule has 0 saturated heterocycles. The van der Waals surface area contributed by atoms with E-state index in [0.29, 0.717) is 17.5 Å². The number of benzene rings is 4. The van der Waals surface area contributed by atoms with Crippen LogP contribution in [0.2, 0.25) is 0 Å². The maximum absolute atomic E-state index is 11.9. The Morgan fingerprint density at radius 2 is 1.11 bits per heavy atom. The van der Waals surface area contributed by atoms with Crippen molar-refractivity contribution in [2.24, 2.45) is 11.8 Å². The lowest BCUT2D eigenvalue weighted by molar-refractivity contribution is 0.432. The molecule has 4 nitrogen and oxygen atoms in total. The molecule has 0 aliphatic heterocycles. The average molecular weight is 504 g/mol. The monoisotopic (exact) mass is 503 g/mol. The van der Waals surface area contributed by atoms with Gasteiger partial charge in [0, 0.05) is 17.4 Å². The van der Waals surface area contributed by atoms with Gasteiger partial charge in [-0.2, -0.15) is 0 Å². The van der Waals surface area contributed by atoms with Crippen LogP contribution < -0.4 is 0 Å². The molecule has 0 aliphatic rings. The van der Waals surface area contributed by atoms with Gasteiger partial charge in [0.2, 0.25) is 0 Å². The maximum atomic E-state index is 11.9. The zero-order valence-corrected chi connectivity index (χ0v) is 22.8. The highest BCUT2D eigenvalue weighted by atomic mass is 16.3. The fourth-order valence-corrected chi connectivity index (χ4v) is 5.66. The first-order valence-electron chi connectivity index (χ1n) is 13.8. The van der Waals surface area contributed by atoms with Gasteiger partial charge in [-0.15, -0.1) is 15.0 Å². The number of nitrogens with zero attached hydrogens (tertiary/aromatic N) is 3. The summed E-state index contributed by atoms with van der Waals surface area (Å²) in [4.78, 5) is 1.62. The van der Waals surface area contributed by atoms with E-state index in [0.717, 1.165) is 29.4 Å². The van der Waals surface area contributed by atoms with E-state index in [1.165, 1.54) is 16.7 Å². The number of rotatable bonds is 9. The van der Waals surface area contributed by atoms with Crippen molar-refractivity contribution in [2.75, 3.05) is 0 Å². The second kappa shape index (κ2) is 11.2. The van der Waals surface area contributed by atoms with E-state index in [4.69, 9.17) is 10.2 Å². The second-order valence-electron chi connectivity index (χ2n) is 10.5. The van der Waals surface area contributed by atoms with E-state index in [1.807, 2.05) is 30.3 Å². The molecular formula is C34H37N3O. The molecule has 4 unspecified atom stereocenters. The molecule has 0 spiro atoms. The van der Waals surface area contributed by atoms with Crippen LogP contribution in [-0.2, 0) is 0 Å². The van der Waals surface area contributed by atoms with Crippen molar-refractivity contribution in [3.63, 3.8) is 0 Å². The number of fused-ring (bicyclic) bond motifs is 1. The van der Waals surface area contributed by atoms with Gasteiger partial charge in [-0.1, -0.05) is 119 Å². The summed E-state index contributed by atoms with van der Waals surface area (Å²) in [6, 6.07) is 33.5. The van der Waals surface area contributed by atoms with Crippen molar-refractivity contribution in [3.8, 4) is 11.4 Å². The van der Waals surface area contributed by atoms with Gasteiger partial charge in [-0.25, -0.2) is 0 Å². The van der Waals surface area contributed by atoms with E-state index in [2.05, 4.69) is 94.4 Å². The molecule has 5 rings (SSSR count). The molecule has 4 atom stereocenters. The van der Waals surface area contributed by atoms with Crippen molar-refractivity contribution in [2.45, 2.75) is 52.4 Å². The number of phenolic OH excluding ortho intramolecular Hbond substituents is 1. The molecule has 4 aromatic carbocycles. The summed E-state index contributed by atoms with van der Waals surface area (Å²) in [5, 5.41) is 21.4. The molecule has 5 aromatic rings. The van der Waals surface area contributed by atoms with Gasteiger partial charge >= 0.3 is 0 Å². The largest absolute Gasteiger partial charge is 0.505 e. The third kappa shape index (κ3) is 4.96. The summed E-state index contributed by atoms with van der Waals surface area (Å²) in [6.45, 7) is 9.05. The van der Waals surface area contributed by atoms with E-state index < -0.39 is 0 Å². The SMILES string of the molecule is CCC(C)C(c1ccccc1)c1cc(C(c2ccccc2)C(C)CC)c(O)c(-n2nc3ccccc3n2)c1. The van der Waals surface area contributed by atoms with Gasteiger partial charge in [0.05, 0.1) is 0 Å². The first kappa shape index (κ1) is 25.7. The van der Waals surface area contributed by atoms with Gasteiger partial charge in [0.15, 0.2) is 0 Å². The van der Waals surface area contributed by atoms with Crippen molar-refractivity contribution < 1.29 is 5.11 Å². The highest BCUT2D eigenvalue weighted by Crippen LogP contribution is 2.44. The Morgan fingerprint density at radius 3 is 1.63 bits per heavy atom. The van der Waals surface area contributed by atoms with Gasteiger partial charge in [0.1, 0.15) is 22.5 Å². The molecule has 0 bridgehead atoms. The summed E-state index contributed by atoms with van der Waals surface area (Å²) in [5.74, 6) is 1.20. The molecular weight excluding hydrogens is 466 g/mol. The van der Waals surface area contributed by atoms with Gasteiger partial charge in [0.25, 0.3) is 0 Å². The lowest BCUT2D eigenvalue weighted by Crippen LogP contribution is -2.16. The quantitative estimate of drug-likeness (QED) is 0.219. The predicted molar refractivity (Wildman–Crippen MR) is 156 cm³/mol. The Morgan fingerprint density at radius 1 is 0.632 bits per heavy atom. The minimum Gasteiger partial charge on any atom is -0.505 e. The third-order valence-electron chi connectivity index (χ3n) is 8.08. The van der Waals surface area contributed by atoms with E-state index in [9.17, 15) is 5.11 Å². The van der Waals surface area contributed by atoms with Crippen LogP contribution in [0.3, 0.4) is 0 Å². The highest BCUT2D eigenvalue weighted by molar-refractivity contribution is 5.74. The van der Waals surface area contributed by atoms with Crippen LogP contribution in [-0.4, -0.2) is 20.1 Å². The van der Waals surface area contributed by atoms with Crippen molar-refractivity contribution >= 4 is 11.0 Å². The Kier molecular flexibility index (Phi) is 7.59. The van der Waals surface area contributed by atoms with Gasteiger partial charge in [-0.3, -0.25) is 0 Å². The summed E-state index contributed by atoms with van der Waals surface area (Å²) in [6.07, 6.45) is 2.04. The van der Waals surface area contributed by atoms with Crippen molar-refractivity contribution in [1.82, 2.24) is 15.0 Å². The van der Waals surface area contributed by atoms with Crippen molar-refractivity contribution in [1.29, 1.82) is 0 Å². The van der Waals surface area contributed by atoms with Crippen molar-refractivity contribution in [3.05, 3.63) is 119 Å². The topological polar surface area (TPSA) is 50.9 Å². The van der Waals surface area contributed by atoms with Gasteiger partial charge < -0.3 is 5.11 Å². The number of phenols is 1. The third-order valence-corrected chi connectivity index (χ3v) is 8.08. The summed E-state index contributed by atoms with van der Waals surface area (Å²) in [7, 11) is 0. The molecule has 38 heavy (non-hydrogen) atoms. The van der Waals surface area contributed by atoms with E-state index >= 15 is 0 Å². The Hall–Kier alpha value is -3.92. The first-order chi connectivity index (χ1) is 18.5. The van der Waals surface area contributed by atoms with Crippen LogP contribution in [0.5, 0.6) is 5.75 Å². The minimum absolute atomic E-state index is 0.0400. The van der Waals surface area contributed by atoms with Crippen LogP contribution in [0.1, 0.15) is 74.6 Å². The number of aromatic hydroxyl groups is 1. The molecule has 4 heteroatoms. The van der Waals surface area contributed by atoms with Gasteiger partial charge in [-0.05, 0) is 46.7 Å².